The van der Waals surface area contributed by atoms with E-state index < -0.39 is 0 Å². The van der Waals surface area contributed by atoms with Gasteiger partial charge in [-0.1, -0.05) is 17.7 Å². The highest BCUT2D eigenvalue weighted by Gasteiger charge is 2.13. The van der Waals surface area contributed by atoms with Crippen molar-refractivity contribution in [1.29, 1.82) is 0 Å². The Labute approximate surface area is 88.9 Å². The molecule has 14 heavy (non-hydrogen) atoms. The van der Waals surface area contributed by atoms with E-state index in [9.17, 15) is 0 Å². The largest absolute Gasteiger partial charge is 0.398 e. The molecule has 0 spiro atoms. The van der Waals surface area contributed by atoms with E-state index in [-0.39, 0.29) is 12.6 Å². The van der Waals surface area contributed by atoms with Gasteiger partial charge in [-0.05, 0) is 31.2 Å². The lowest BCUT2D eigenvalue weighted by molar-refractivity contribution is 0.251. The number of hydrogen-bond donors (Lipinski definition) is 3. The van der Waals surface area contributed by atoms with Crippen LogP contribution in [-0.2, 0) is 0 Å². The molecule has 0 fully saturated rings. The van der Waals surface area contributed by atoms with Gasteiger partial charge in [-0.3, -0.25) is 0 Å². The van der Waals surface area contributed by atoms with Gasteiger partial charge in [-0.25, -0.2) is 0 Å². The minimum absolute atomic E-state index is 0.0135. The maximum absolute atomic E-state index is 9.11. The van der Waals surface area contributed by atoms with E-state index in [1.165, 1.54) is 0 Å². The Morgan fingerprint density at radius 2 is 2.21 bits per heavy atom. The van der Waals surface area contributed by atoms with Gasteiger partial charge in [0.15, 0.2) is 0 Å². The first-order valence-corrected chi connectivity index (χ1v) is 4.82. The number of anilines is 1. The molecule has 0 bridgehead atoms. The average molecular weight is 215 g/mol. The SMILES string of the molecule is CN[C@H](CO)c1ccc(N)c(C)c1Cl. The molecular formula is C10H15ClN2O. The van der Waals surface area contributed by atoms with Gasteiger partial charge in [0.05, 0.1) is 17.7 Å². The second kappa shape index (κ2) is 4.64. The number of nitrogen functional groups attached to an aromatic ring is 1. The van der Waals surface area contributed by atoms with Crippen LogP contribution in [0.1, 0.15) is 17.2 Å². The Balaban J connectivity index is 3.16. The fourth-order valence-electron chi connectivity index (χ4n) is 1.34. The second-order valence-electron chi connectivity index (χ2n) is 3.21. The topological polar surface area (TPSA) is 58.3 Å². The Morgan fingerprint density at radius 1 is 1.57 bits per heavy atom. The summed E-state index contributed by atoms with van der Waals surface area (Å²) in [4.78, 5) is 0. The highest BCUT2D eigenvalue weighted by molar-refractivity contribution is 6.32. The van der Waals surface area contributed by atoms with Crippen LogP contribution in [-0.4, -0.2) is 18.8 Å². The first-order valence-electron chi connectivity index (χ1n) is 4.44. The summed E-state index contributed by atoms with van der Waals surface area (Å²) in [5, 5.41) is 12.7. The molecule has 0 aliphatic rings. The third-order valence-electron chi connectivity index (χ3n) is 2.36. The molecule has 0 radical (unpaired) electrons. The molecule has 78 valence electrons. The van der Waals surface area contributed by atoms with Crippen molar-refractivity contribution in [3.8, 4) is 0 Å². The van der Waals surface area contributed by atoms with E-state index in [0.717, 1.165) is 11.1 Å². The van der Waals surface area contributed by atoms with Crippen molar-refractivity contribution in [2.24, 2.45) is 0 Å². The van der Waals surface area contributed by atoms with Crippen LogP contribution in [0.2, 0.25) is 5.02 Å². The molecule has 0 saturated carbocycles. The predicted molar refractivity (Wildman–Crippen MR) is 59.5 cm³/mol. The Bertz CT molecular complexity index is 324. The molecule has 0 amide bonds. The van der Waals surface area contributed by atoms with Crippen molar-refractivity contribution >= 4 is 17.3 Å². The molecule has 4 N–H and O–H groups in total. The van der Waals surface area contributed by atoms with Gasteiger partial charge in [0.25, 0.3) is 0 Å². The lowest BCUT2D eigenvalue weighted by Crippen LogP contribution is -2.20. The molecular weight excluding hydrogens is 200 g/mol. The van der Waals surface area contributed by atoms with Crippen LogP contribution in [0, 0.1) is 6.92 Å². The predicted octanol–water partition coefficient (Wildman–Crippen LogP) is 1.48. The van der Waals surface area contributed by atoms with Crippen LogP contribution in [0.3, 0.4) is 0 Å². The smallest absolute Gasteiger partial charge is 0.0626 e. The zero-order valence-electron chi connectivity index (χ0n) is 8.34. The first-order chi connectivity index (χ1) is 6.61. The van der Waals surface area contributed by atoms with Crippen molar-refractivity contribution in [3.05, 3.63) is 28.3 Å². The number of hydrogen-bond acceptors (Lipinski definition) is 3. The van der Waals surface area contributed by atoms with E-state index in [1.807, 2.05) is 13.0 Å². The highest BCUT2D eigenvalue weighted by Crippen LogP contribution is 2.29. The second-order valence-corrected chi connectivity index (χ2v) is 3.58. The van der Waals surface area contributed by atoms with Gasteiger partial charge >= 0.3 is 0 Å². The number of benzene rings is 1. The van der Waals surface area contributed by atoms with E-state index in [1.54, 1.807) is 13.1 Å². The van der Waals surface area contributed by atoms with Gasteiger partial charge in [-0.2, -0.15) is 0 Å². The maximum Gasteiger partial charge on any atom is 0.0626 e. The summed E-state index contributed by atoms with van der Waals surface area (Å²) in [5.74, 6) is 0. The number of aliphatic hydroxyl groups excluding tert-OH is 1. The molecule has 1 aromatic rings. The molecule has 0 aliphatic heterocycles. The van der Waals surface area contributed by atoms with Gasteiger partial charge in [0.1, 0.15) is 0 Å². The van der Waals surface area contributed by atoms with Gasteiger partial charge in [-0.15, -0.1) is 0 Å². The van der Waals surface area contributed by atoms with E-state index >= 15 is 0 Å². The molecule has 0 unspecified atom stereocenters. The van der Waals surface area contributed by atoms with Gasteiger partial charge in [0, 0.05) is 5.69 Å². The van der Waals surface area contributed by atoms with Crippen molar-refractivity contribution in [1.82, 2.24) is 5.32 Å². The molecule has 0 aromatic heterocycles. The van der Waals surface area contributed by atoms with E-state index in [4.69, 9.17) is 22.4 Å². The van der Waals surface area contributed by atoms with Crippen LogP contribution in [0.4, 0.5) is 5.69 Å². The third-order valence-corrected chi connectivity index (χ3v) is 2.87. The van der Waals surface area contributed by atoms with Gasteiger partial charge < -0.3 is 16.2 Å². The normalized spacial score (nSPS) is 12.9. The molecule has 0 aliphatic carbocycles. The summed E-state index contributed by atoms with van der Waals surface area (Å²) in [7, 11) is 1.78. The number of rotatable bonds is 3. The minimum Gasteiger partial charge on any atom is -0.398 e. The summed E-state index contributed by atoms with van der Waals surface area (Å²) in [6.07, 6.45) is 0. The monoisotopic (exact) mass is 214 g/mol. The molecule has 1 atom stereocenters. The number of likely N-dealkylation sites (N-methyl/N-ethyl adjacent to an activating group) is 1. The lowest BCUT2D eigenvalue weighted by atomic mass is 10.0. The zero-order chi connectivity index (χ0) is 10.7. The summed E-state index contributed by atoms with van der Waals surface area (Å²) in [6, 6.07) is 3.50. The van der Waals surface area contributed by atoms with Crippen LogP contribution < -0.4 is 11.1 Å². The fraction of sp³-hybridized carbons (Fsp3) is 0.400. The third kappa shape index (κ3) is 2.00. The lowest BCUT2D eigenvalue weighted by Gasteiger charge is -2.17. The van der Waals surface area contributed by atoms with E-state index in [0.29, 0.717) is 10.7 Å². The Morgan fingerprint density at radius 3 is 2.71 bits per heavy atom. The van der Waals surface area contributed by atoms with E-state index in [2.05, 4.69) is 5.32 Å². The van der Waals surface area contributed by atoms with Crippen molar-refractivity contribution in [2.45, 2.75) is 13.0 Å². The first kappa shape index (κ1) is 11.3. The Kier molecular flexibility index (Phi) is 3.75. The van der Waals surface area contributed by atoms with Crippen molar-refractivity contribution < 1.29 is 5.11 Å². The molecule has 0 saturated heterocycles. The van der Waals surface area contributed by atoms with Crippen LogP contribution in [0.15, 0.2) is 12.1 Å². The molecule has 1 aromatic carbocycles. The fourth-order valence-corrected chi connectivity index (χ4v) is 1.64. The minimum atomic E-state index is -0.137. The van der Waals surface area contributed by atoms with Crippen molar-refractivity contribution in [2.75, 3.05) is 19.4 Å². The maximum atomic E-state index is 9.11. The molecule has 4 heteroatoms. The van der Waals surface area contributed by atoms with Crippen molar-refractivity contribution in [3.63, 3.8) is 0 Å². The van der Waals surface area contributed by atoms with Crippen LogP contribution in [0.25, 0.3) is 0 Å². The number of nitrogens with one attached hydrogen (secondary N) is 1. The summed E-state index contributed by atoms with van der Waals surface area (Å²) in [6.45, 7) is 1.88. The highest BCUT2D eigenvalue weighted by atomic mass is 35.5. The van der Waals surface area contributed by atoms with Crippen LogP contribution in [0.5, 0.6) is 0 Å². The standard InChI is InChI=1S/C10H15ClN2O/c1-6-8(12)4-3-7(10(6)11)9(5-14)13-2/h3-4,9,13-14H,5,12H2,1-2H3/t9-/m1/s1. The zero-order valence-corrected chi connectivity index (χ0v) is 9.10. The Hall–Kier alpha value is -0.770. The molecule has 0 heterocycles. The number of aliphatic hydroxyl groups is 1. The quantitative estimate of drug-likeness (QED) is 0.669. The molecule has 3 nitrogen and oxygen atoms in total. The summed E-state index contributed by atoms with van der Waals surface area (Å²) >= 11 is 6.12. The molecule has 1 rings (SSSR count). The number of halogens is 1. The summed E-state index contributed by atoms with van der Waals surface area (Å²) in [5.41, 5.74) is 8.12. The average Bonchev–Trinajstić information content (AvgIpc) is 2.19. The number of nitrogens with two attached hydrogens (primary N) is 1. The summed E-state index contributed by atoms with van der Waals surface area (Å²) < 4.78 is 0. The van der Waals surface area contributed by atoms with Gasteiger partial charge in [0.2, 0.25) is 0 Å². The van der Waals surface area contributed by atoms with Crippen LogP contribution >= 0.6 is 11.6 Å².